The molecule has 1 aliphatic carbocycles. The second kappa shape index (κ2) is 10.5. The summed E-state index contributed by atoms with van der Waals surface area (Å²) in [5.74, 6) is 1.44. The number of ether oxygens (including phenoxy) is 2. The summed E-state index contributed by atoms with van der Waals surface area (Å²) in [4.78, 5) is 2.60. The number of piperazine rings is 1. The third kappa shape index (κ3) is 4.83. The Hall–Kier alpha value is -4.09. The zero-order valence-corrected chi connectivity index (χ0v) is 21.1. The Morgan fingerprint density at radius 1 is 0.757 bits per heavy atom. The van der Waals surface area contributed by atoms with Gasteiger partial charge in [0.2, 0.25) is 0 Å². The van der Waals surface area contributed by atoms with Crippen molar-refractivity contribution in [1.29, 1.82) is 0 Å². The Kier molecular flexibility index (Phi) is 6.61. The summed E-state index contributed by atoms with van der Waals surface area (Å²) in [6.45, 7) is 4.22. The molecule has 1 heterocycles. The van der Waals surface area contributed by atoms with E-state index in [1.807, 2.05) is 42.6 Å². The molecule has 1 saturated heterocycles. The van der Waals surface area contributed by atoms with E-state index in [0.717, 1.165) is 48.8 Å². The lowest BCUT2D eigenvalue weighted by molar-refractivity contribution is 0.114. The number of hydrazone groups is 1. The Balaban J connectivity index is 1.11. The SMILES string of the molecule is COc1ccc(/C=N\N2CCN(C3c4ccccc4-c4ccccc43)CC2)cc1OCc1ccccc1. The molecule has 2 aliphatic rings. The molecule has 0 saturated carbocycles. The van der Waals surface area contributed by atoms with Crippen LogP contribution in [0.5, 0.6) is 11.5 Å². The molecule has 0 bridgehead atoms. The number of rotatable bonds is 7. The first-order valence-electron chi connectivity index (χ1n) is 12.9. The van der Waals surface area contributed by atoms with E-state index >= 15 is 0 Å². The van der Waals surface area contributed by atoms with Crippen molar-refractivity contribution < 1.29 is 9.47 Å². The summed E-state index contributed by atoms with van der Waals surface area (Å²) in [6.07, 6.45) is 1.92. The molecular weight excluding hydrogens is 458 g/mol. The van der Waals surface area contributed by atoms with Crippen LogP contribution in [0.2, 0.25) is 0 Å². The van der Waals surface area contributed by atoms with Crippen molar-refractivity contribution in [1.82, 2.24) is 9.91 Å². The van der Waals surface area contributed by atoms with E-state index in [9.17, 15) is 0 Å². The molecule has 0 spiro atoms. The summed E-state index contributed by atoms with van der Waals surface area (Å²) in [5.41, 5.74) is 7.68. The van der Waals surface area contributed by atoms with Crippen molar-refractivity contribution in [3.63, 3.8) is 0 Å². The van der Waals surface area contributed by atoms with Gasteiger partial charge in [-0.3, -0.25) is 9.91 Å². The van der Waals surface area contributed by atoms with Crippen molar-refractivity contribution >= 4 is 6.21 Å². The van der Waals surface area contributed by atoms with Crippen LogP contribution in [0, 0.1) is 0 Å². The molecule has 4 aromatic rings. The van der Waals surface area contributed by atoms with Gasteiger partial charge in [-0.1, -0.05) is 78.9 Å². The van der Waals surface area contributed by atoms with Crippen LogP contribution in [0.1, 0.15) is 28.3 Å². The highest BCUT2D eigenvalue weighted by atomic mass is 16.5. The average Bonchev–Trinajstić information content (AvgIpc) is 3.30. The minimum Gasteiger partial charge on any atom is -0.493 e. The molecule has 186 valence electrons. The van der Waals surface area contributed by atoms with Crippen molar-refractivity contribution in [2.45, 2.75) is 12.6 Å². The topological polar surface area (TPSA) is 37.3 Å². The van der Waals surface area contributed by atoms with Crippen LogP contribution < -0.4 is 9.47 Å². The van der Waals surface area contributed by atoms with Gasteiger partial charge in [-0.05, 0) is 51.6 Å². The maximum absolute atomic E-state index is 6.07. The molecular formula is C32H31N3O2. The van der Waals surface area contributed by atoms with E-state index in [0.29, 0.717) is 12.6 Å². The fourth-order valence-corrected chi connectivity index (χ4v) is 5.38. The smallest absolute Gasteiger partial charge is 0.162 e. The molecule has 0 unspecified atom stereocenters. The number of methoxy groups -OCH3 is 1. The van der Waals surface area contributed by atoms with Crippen LogP contribution in [-0.2, 0) is 6.61 Å². The van der Waals surface area contributed by atoms with Gasteiger partial charge in [0.1, 0.15) is 6.61 Å². The van der Waals surface area contributed by atoms with Crippen LogP contribution in [0.4, 0.5) is 0 Å². The maximum Gasteiger partial charge on any atom is 0.162 e. The highest BCUT2D eigenvalue weighted by Crippen LogP contribution is 2.46. The van der Waals surface area contributed by atoms with Crippen molar-refractivity contribution in [2.75, 3.05) is 33.3 Å². The van der Waals surface area contributed by atoms with Gasteiger partial charge in [-0.2, -0.15) is 5.10 Å². The van der Waals surface area contributed by atoms with Crippen LogP contribution >= 0.6 is 0 Å². The molecule has 1 aliphatic heterocycles. The lowest BCUT2D eigenvalue weighted by Gasteiger charge is -2.37. The molecule has 1 fully saturated rings. The molecule has 0 atom stereocenters. The molecule has 5 nitrogen and oxygen atoms in total. The first kappa shape index (κ1) is 23.3. The number of benzene rings is 4. The summed E-state index contributed by atoms with van der Waals surface area (Å²) in [6, 6.07) is 34.1. The number of fused-ring (bicyclic) bond motifs is 3. The third-order valence-electron chi connectivity index (χ3n) is 7.25. The second-order valence-electron chi connectivity index (χ2n) is 9.50. The standard InChI is InChI=1S/C32H31N3O2/c1-36-30-16-15-25(21-31(30)37-23-24-9-3-2-4-10-24)22-33-35-19-17-34(18-20-35)32-28-13-7-5-11-26(28)27-12-6-8-14-29(27)32/h2-16,21-22,32H,17-20,23H2,1H3/b33-22-. The summed E-state index contributed by atoms with van der Waals surface area (Å²) < 4.78 is 11.6. The lowest BCUT2D eigenvalue weighted by Crippen LogP contribution is -2.45. The van der Waals surface area contributed by atoms with Crippen LogP contribution in [0.25, 0.3) is 11.1 Å². The third-order valence-corrected chi connectivity index (χ3v) is 7.25. The van der Waals surface area contributed by atoms with Crippen molar-refractivity contribution in [3.05, 3.63) is 119 Å². The lowest BCUT2D eigenvalue weighted by atomic mass is 10.0. The van der Waals surface area contributed by atoms with Gasteiger partial charge in [0.05, 0.1) is 19.4 Å². The number of hydrogen-bond acceptors (Lipinski definition) is 5. The van der Waals surface area contributed by atoms with E-state index in [1.165, 1.54) is 22.3 Å². The summed E-state index contributed by atoms with van der Waals surface area (Å²) in [5, 5.41) is 6.97. The molecule has 5 heteroatoms. The van der Waals surface area contributed by atoms with E-state index in [1.54, 1.807) is 7.11 Å². The van der Waals surface area contributed by atoms with Crippen molar-refractivity contribution in [3.8, 4) is 22.6 Å². The second-order valence-corrected chi connectivity index (χ2v) is 9.50. The quantitative estimate of drug-likeness (QED) is 0.299. The highest BCUT2D eigenvalue weighted by Gasteiger charge is 2.33. The Bertz CT molecular complexity index is 1350. The summed E-state index contributed by atoms with van der Waals surface area (Å²) in [7, 11) is 1.67. The molecule has 6 rings (SSSR count). The van der Waals surface area contributed by atoms with Crippen LogP contribution in [0.3, 0.4) is 0 Å². The first-order chi connectivity index (χ1) is 18.3. The number of hydrogen-bond donors (Lipinski definition) is 0. The maximum atomic E-state index is 6.07. The molecule has 4 aromatic carbocycles. The van der Waals surface area contributed by atoms with Gasteiger partial charge in [0.25, 0.3) is 0 Å². The zero-order chi connectivity index (χ0) is 25.0. The molecule has 0 aromatic heterocycles. The molecule has 0 N–H and O–H groups in total. The van der Waals surface area contributed by atoms with E-state index in [2.05, 4.69) is 70.6 Å². The molecule has 0 radical (unpaired) electrons. The largest absolute Gasteiger partial charge is 0.493 e. The van der Waals surface area contributed by atoms with Gasteiger partial charge in [-0.25, -0.2) is 0 Å². The fraction of sp³-hybridized carbons (Fsp3) is 0.219. The average molecular weight is 490 g/mol. The minimum atomic E-state index is 0.324. The zero-order valence-electron chi connectivity index (χ0n) is 21.1. The van der Waals surface area contributed by atoms with Gasteiger partial charge in [0.15, 0.2) is 11.5 Å². The van der Waals surface area contributed by atoms with Crippen LogP contribution in [0.15, 0.2) is 102 Å². The Morgan fingerprint density at radius 2 is 1.41 bits per heavy atom. The van der Waals surface area contributed by atoms with E-state index in [-0.39, 0.29) is 0 Å². The Morgan fingerprint density at radius 3 is 2.08 bits per heavy atom. The Labute approximate surface area is 218 Å². The van der Waals surface area contributed by atoms with Gasteiger partial charge in [-0.15, -0.1) is 0 Å². The number of nitrogens with zero attached hydrogens (tertiary/aromatic N) is 3. The highest BCUT2D eigenvalue weighted by molar-refractivity contribution is 5.81. The van der Waals surface area contributed by atoms with Gasteiger partial charge < -0.3 is 9.47 Å². The first-order valence-corrected chi connectivity index (χ1v) is 12.9. The minimum absolute atomic E-state index is 0.324. The predicted octanol–water partition coefficient (Wildman–Crippen LogP) is 6.00. The summed E-state index contributed by atoms with van der Waals surface area (Å²) >= 11 is 0. The van der Waals surface area contributed by atoms with E-state index in [4.69, 9.17) is 14.6 Å². The monoisotopic (exact) mass is 489 g/mol. The van der Waals surface area contributed by atoms with E-state index < -0.39 is 0 Å². The molecule has 37 heavy (non-hydrogen) atoms. The normalized spacial score (nSPS) is 15.5. The van der Waals surface area contributed by atoms with Crippen molar-refractivity contribution in [2.24, 2.45) is 5.10 Å². The molecule has 0 amide bonds. The van der Waals surface area contributed by atoms with Gasteiger partial charge >= 0.3 is 0 Å². The van der Waals surface area contributed by atoms with Crippen LogP contribution in [-0.4, -0.2) is 49.4 Å². The predicted molar refractivity (Wildman–Crippen MR) is 148 cm³/mol. The fourth-order valence-electron chi connectivity index (χ4n) is 5.38. The van der Waals surface area contributed by atoms with Gasteiger partial charge in [0, 0.05) is 26.2 Å².